The lowest BCUT2D eigenvalue weighted by Gasteiger charge is -2.01. The predicted octanol–water partition coefficient (Wildman–Crippen LogP) is 3.62. The highest BCUT2D eigenvalue weighted by Crippen LogP contribution is 2.29. The van der Waals surface area contributed by atoms with E-state index in [1.807, 2.05) is 6.08 Å². The molecule has 1 aromatic heterocycles. The second-order valence-corrected chi connectivity index (χ2v) is 5.12. The third-order valence-electron chi connectivity index (χ3n) is 1.99. The van der Waals surface area contributed by atoms with Gasteiger partial charge >= 0.3 is 0 Å². The Kier molecular flexibility index (Phi) is 3.28. The van der Waals surface area contributed by atoms with Gasteiger partial charge in [0.15, 0.2) is 4.34 Å². The topological polar surface area (TPSA) is 24.9 Å². The van der Waals surface area contributed by atoms with Gasteiger partial charge < -0.3 is 5.32 Å². The highest BCUT2D eigenvalue weighted by Gasteiger charge is 2.02. The van der Waals surface area contributed by atoms with E-state index in [0.29, 0.717) is 0 Å². The first-order chi connectivity index (χ1) is 7.33. The summed E-state index contributed by atoms with van der Waals surface area (Å²) < 4.78 is 2.35. The van der Waals surface area contributed by atoms with Gasteiger partial charge in [-0.15, -0.1) is 17.9 Å². The molecule has 2 rings (SSSR count). The second-order valence-electron chi connectivity index (χ2n) is 3.04. The van der Waals surface area contributed by atoms with Gasteiger partial charge in [-0.2, -0.15) is 0 Å². The normalized spacial score (nSPS) is 10.5. The van der Waals surface area contributed by atoms with E-state index in [4.69, 9.17) is 0 Å². The Morgan fingerprint density at radius 2 is 2.47 bits per heavy atom. The molecule has 15 heavy (non-hydrogen) atoms. The minimum Gasteiger partial charge on any atom is -0.382 e. The highest BCUT2D eigenvalue weighted by atomic mass is 32.2. The van der Waals surface area contributed by atoms with Crippen LogP contribution in [0.15, 0.2) is 35.2 Å². The van der Waals surface area contributed by atoms with Gasteiger partial charge in [-0.1, -0.05) is 17.8 Å². The zero-order valence-corrected chi connectivity index (χ0v) is 10.1. The number of aromatic nitrogens is 1. The summed E-state index contributed by atoms with van der Waals surface area (Å²) in [5.74, 6) is 0. The van der Waals surface area contributed by atoms with Crippen LogP contribution in [-0.2, 0) is 0 Å². The van der Waals surface area contributed by atoms with E-state index in [-0.39, 0.29) is 0 Å². The van der Waals surface area contributed by atoms with Crippen molar-refractivity contribution in [2.24, 2.45) is 0 Å². The van der Waals surface area contributed by atoms with Gasteiger partial charge in [0.05, 0.1) is 10.2 Å². The SMILES string of the molecule is C=CCNc1ccc2nc(SC)sc2c1. The fourth-order valence-electron chi connectivity index (χ4n) is 1.29. The summed E-state index contributed by atoms with van der Waals surface area (Å²) >= 11 is 3.42. The summed E-state index contributed by atoms with van der Waals surface area (Å²) in [6.07, 6.45) is 3.90. The first kappa shape index (κ1) is 10.5. The first-order valence-corrected chi connectivity index (χ1v) is 6.67. The molecule has 0 fully saturated rings. The number of nitrogens with zero attached hydrogens (tertiary/aromatic N) is 1. The quantitative estimate of drug-likeness (QED) is 0.648. The Bertz CT molecular complexity index is 476. The number of thioether (sulfide) groups is 1. The predicted molar refractivity (Wildman–Crippen MR) is 70.1 cm³/mol. The summed E-state index contributed by atoms with van der Waals surface area (Å²) in [5.41, 5.74) is 2.20. The number of hydrogen-bond acceptors (Lipinski definition) is 4. The van der Waals surface area contributed by atoms with E-state index >= 15 is 0 Å². The van der Waals surface area contributed by atoms with Crippen molar-refractivity contribution < 1.29 is 0 Å². The molecule has 2 aromatic rings. The molecule has 0 atom stereocenters. The molecule has 0 amide bonds. The van der Waals surface area contributed by atoms with Crippen molar-refractivity contribution in [2.45, 2.75) is 4.34 Å². The second kappa shape index (κ2) is 4.68. The number of rotatable bonds is 4. The van der Waals surface area contributed by atoms with E-state index in [0.717, 1.165) is 22.1 Å². The monoisotopic (exact) mass is 236 g/mol. The van der Waals surface area contributed by atoms with Gasteiger partial charge in [0.25, 0.3) is 0 Å². The molecule has 1 aromatic carbocycles. The van der Waals surface area contributed by atoms with Crippen LogP contribution in [0.5, 0.6) is 0 Å². The number of fused-ring (bicyclic) bond motifs is 1. The van der Waals surface area contributed by atoms with Gasteiger partial charge in [-0.05, 0) is 24.5 Å². The molecule has 0 unspecified atom stereocenters. The molecule has 2 nitrogen and oxygen atoms in total. The summed E-state index contributed by atoms with van der Waals surface area (Å²) in [7, 11) is 0. The van der Waals surface area contributed by atoms with E-state index in [1.54, 1.807) is 23.1 Å². The van der Waals surface area contributed by atoms with Crippen LogP contribution in [0, 0.1) is 0 Å². The van der Waals surface area contributed by atoms with Crippen molar-refractivity contribution in [3.05, 3.63) is 30.9 Å². The lowest BCUT2D eigenvalue weighted by Crippen LogP contribution is -1.96. The third-order valence-corrected chi connectivity index (χ3v) is 4.00. The number of anilines is 1. The first-order valence-electron chi connectivity index (χ1n) is 4.63. The van der Waals surface area contributed by atoms with Gasteiger partial charge in [-0.3, -0.25) is 0 Å². The largest absolute Gasteiger partial charge is 0.382 e. The Balaban J connectivity index is 2.32. The van der Waals surface area contributed by atoms with Crippen LogP contribution in [0.4, 0.5) is 5.69 Å². The van der Waals surface area contributed by atoms with Crippen LogP contribution in [0.2, 0.25) is 0 Å². The zero-order valence-electron chi connectivity index (χ0n) is 8.49. The molecular formula is C11H12N2S2. The zero-order chi connectivity index (χ0) is 10.7. The molecule has 0 spiro atoms. The van der Waals surface area contributed by atoms with Gasteiger partial charge in [0, 0.05) is 12.2 Å². The molecular weight excluding hydrogens is 224 g/mol. The minimum atomic E-state index is 0.791. The van der Waals surface area contributed by atoms with Crippen LogP contribution < -0.4 is 5.32 Å². The summed E-state index contributed by atoms with van der Waals surface area (Å²) in [4.78, 5) is 4.49. The molecule has 4 heteroatoms. The van der Waals surface area contributed by atoms with Crippen molar-refractivity contribution in [3.63, 3.8) is 0 Å². The van der Waals surface area contributed by atoms with Crippen molar-refractivity contribution in [1.82, 2.24) is 4.98 Å². The minimum absolute atomic E-state index is 0.791. The van der Waals surface area contributed by atoms with Crippen LogP contribution in [-0.4, -0.2) is 17.8 Å². The smallest absolute Gasteiger partial charge is 0.150 e. The Morgan fingerprint density at radius 3 is 3.20 bits per heavy atom. The van der Waals surface area contributed by atoms with E-state index in [2.05, 4.69) is 41.3 Å². The fourth-order valence-corrected chi connectivity index (χ4v) is 2.82. The molecule has 78 valence electrons. The molecule has 0 saturated heterocycles. The summed E-state index contributed by atoms with van der Waals surface area (Å²) in [6, 6.07) is 6.24. The Labute approximate surface area is 97.4 Å². The standard InChI is InChI=1S/C11H12N2S2/c1-3-6-12-8-4-5-9-10(7-8)15-11(13-9)14-2/h3-5,7,12H,1,6H2,2H3. The maximum absolute atomic E-state index is 4.49. The van der Waals surface area contributed by atoms with Crippen molar-refractivity contribution in [1.29, 1.82) is 0 Å². The van der Waals surface area contributed by atoms with Crippen LogP contribution >= 0.6 is 23.1 Å². The van der Waals surface area contributed by atoms with Crippen molar-refractivity contribution in [2.75, 3.05) is 18.1 Å². The maximum Gasteiger partial charge on any atom is 0.150 e. The lowest BCUT2D eigenvalue weighted by atomic mass is 10.3. The number of thiazole rings is 1. The lowest BCUT2D eigenvalue weighted by molar-refractivity contribution is 1.30. The van der Waals surface area contributed by atoms with Crippen LogP contribution in [0.1, 0.15) is 0 Å². The molecule has 1 N–H and O–H groups in total. The molecule has 1 heterocycles. The van der Waals surface area contributed by atoms with E-state index in [1.165, 1.54) is 4.70 Å². The molecule has 0 radical (unpaired) electrons. The van der Waals surface area contributed by atoms with Crippen molar-refractivity contribution >= 4 is 39.0 Å². The number of benzene rings is 1. The maximum atomic E-state index is 4.49. The Hall–Kier alpha value is -1.00. The molecule has 0 aliphatic carbocycles. The number of nitrogens with one attached hydrogen (secondary N) is 1. The summed E-state index contributed by atoms with van der Waals surface area (Å²) in [6.45, 7) is 4.47. The van der Waals surface area contributed by atoms with Gasteiger partial charge in [0.1, 0.15) is 0 Å². The van der Waals surface area contributed by atoms with E-state index in [9.17, 15) is 0 Å². The van der Waals surface area contributed by atoms with Crippen LogP contribution in [0.25, 0.3) is 10.2 Å². The van der Waals surface area contributed by atoms with Gasteiger partial charge in [-0.25, -0.2) is 4.98 Å². The van der Waals surface area contributed by atoms with Crippen molar-refractivity contribution in [3.8, 4) is 0 Å². The fraction of sp³-hybridized carbons (Fsp3) is 0.182. The van der Waals surface area contributed by atoms with Gasteiger partial charge in [0.2, 0.25) is 0 Å². The van der Waals surface area contributed by atoms with Crippen LogP contribution in [0.3, 0.4) is 0 Å². The summed E-state index contributed by atoms with van der Waals surface area (Å²) in [5, 5.41) is 3.27. The molecule has 0 bridgehead atoms. The molecule has 0 aliphatic rings. The highest BCUT2D eigenvalue weighted by molar-refractivity contribution is 8.00. The average molecular weight is 236 g/mol. The molecule has 0 saturated carbocycles. The molecule has 0 aliphatic heterocycles. The average Bonchev–Trinajstić information content (AvgIpc) is 2.68. The van der Waals surface area contributed by atoms with E-state index < -0.39 is 0 Å². The third kappa shape index (κ3) is 2.33. The number of hydrogen-bond donors (Lipinski definition) is 1. The Morgan fingerprint density at radius 1 is 1.60 bits per heavy atom.